The first-order chi connectivity index (χ1) is 12.6. The SMILES string of the molecule is O=C(Cn1c(=S)[nH]c2ccccc2c1=O)NC1CCCc2ccccc21. The van der Waals surface area contributed by atoms with Gasteiger partial charge in [0.1, 0.15) is 6.54 Å². The first-order valence-corrected chi connectivity index (χ1v) is 9.13. The molecule has 4 rings (SSSR count). The van der Waals surface area contributed by atoms with Crippen LogP contribution in [0.1, 0.15) is 30.0 Å². The van der Waals surface area contributed by atoms with Crippen LogP contribution in [0.5, 0.6) is 0 Å². The van der Waals surface area contributed by atoms with Crippen LogP contribution in [0, 0.1) is 4.77 Å². The van der Waals surface area contributed by atoms with Gasteiger partial charge in [0.15, 0.2) is 4.77 Å². The minimum Gasteiger partial charge on any atom is -0.348 e. The number of aromatic amines is 1. The van der Waals surface area contributed by atoms with Gasteiger partial charge in [-0.15, -0.1) is 0 Å². The van der Waals surface area contributed by atoms with E-state index in [0.717, 1.165) is 19.3 Å². The molecule has 0 aliphatic heterocycles. The summed E-state index contributed by atoms with van der Waals surface area (Å²) in [7, 11) is 0. The van der Waals surface area contributed by atoms with E-state index >= 15 is 0 Å². The zero-order chi connectivity index (χ0) is 18.1. The number of benzene rings is 2. The van der Waals surface area contributed by atoms with Crippen LogP contribution < -0.4 is 10.9 Å². The smallest absolute Gasteiger partial charge is 0.262 e. The van der Waals surface area contributed by atoms with Gasteiger partial charge in [-0.1, -0.05) is 36.4 Å². The van der Waals surface area contributed by atoms with Gasteiger partial charge in [0, 0.05) is 0 Å². The van der Waals surface area contributed by atoms with Crippen LogP contribution in [0.2, 0.25) is 0 Å². The van der Waals surface area contributed by atoms with Crippen LogP contribution in [-0.4, -0.2) is 15.5 Å². The van der Waals surface area contributed by atoms with Gasteiger partial charge in [-0.3, -0.25) is 14.2 Å². The summed E-state index contributed by atoms with van der Waals surface area (Å²) >= 11 is 5.28. The number of carbonyl (C=O) groups excluding carboxylic acids is 1. The standard InChI is InChI=1S/C20H19N3O2S/c24-18(21-16-11-5-7-13-6-1-2-8-14(13)16)12-23-19(25)15-9-3-4-10-17(15)22-20(23)26/h1-4,6,8-10,16H,5,7,11-12H2,(H,21,24)(H,22,26). The Morgan fingerprint density at radius 1 is 1.19 bits per heavy atom. The number of aryl methyl sites for hydroxylation is 1. The molecule has 0 fully saturated rings. The topological polar surface area (TPSA) is 66.9 Å². The second kappa shape index (κ2) is 6.88. The Balaban J connectivity index is 1.59. The number of hydrogen-bond donors (Lipinski definition) is 2. The Hall–Kier alpha value is -2.73. The van der Waals surface area contributed by atoms with E-state index in [1.165, 1.54) is 15.7 Å². The van der Waals surface area contributed by atoms with E-state index in [-0.39, 0.29) is 28.8 Å². The van der Waals surface area contributed by atoms with Crippen LogP contribution in [0.4, 0.5) is 0 Å². The average molecular weight is 365 g/mol. The van der Waals surface area contributed by atoms with Gasteiger partial charge in [0.05, 0.1) is 16.9 Å². The zero-order valence-electron chi connectivity index (χ0n) is 14.2. The lowest BCUT2D eigenvalue weighted by Crippen LogP contribution is -2.36. The van der Waals surface area contributed by atoms with Crippen molar-refractivity contribution < 1.29 is 4.79 Å². The van der Waals surface area contributed by atoms with E-state index < -0.39 is 0 Å². The third-order valence-corrected chi connectivity index (χ3v) is 5.22. The lowest BCUT2D eigenvalue weighted by Gasteiger charge is -2.26. The van der Waals surface area contributed by atoms with Crippen molar-refractivity contribution in [2.75, 3.05) is 0 Å². The van der Waals surface area contributed by atoms with Gasteiger partial charge >= 0.3 is 0 Å². The summed E-state index contributed by atoms with van der Waals surface area (Å²) in [6, 6.07) is 15.3. The first-order valence-electron chi connectivity index (χ1n) is 8.72. The normalized spacial score (nSPS) is 16.2. The van der Waals surface area contributed by atoms with E-state index in [2.05, 4.69) is 22.4 Å². The molecule has 0 bridgehead atoms. The highest BCUT2D eigenvalue weighted by atomic mass is 32.1. The quantitative estimate of drug-likeness (QED) is 0.700. The Labute approximate surface area is 155 Å². The minimum atomic E-state index is -0.247. The molecule has 0 saturated carbocycles. The molecule has 0 spiro atoms. The van der Waals surface area contributed by atoms with Crippen LogP contribution in [0.3, 0.4) is 0 Å². The molecule has 3 aromatic rings. The third-order valence-electron chi connectivity index (χ3n) is 4.90. The second-order valence-electron chi connectivity index (χ2n) is 6.58. The molecule has 1 heterocycles. The average Bonchev–Trinajstić information content (AvgIpc) is 2.65. The maximum Gasteiger partial charge on any atom is 0.262 e. The molecule has 1 atom stereocenters. The van der Waals surface area contributed by atoms with Crippen molar-refractivity contribution in [2.24, 2.45) is 0 Å². The predicted molar refractivity (Wildman–Crippen MR) is 104 cm³/mol. The molecule has 0 radical (unpaired) electrons. The molecular formula is C20H19N3O2S. The van der Waals surface area contributed by atoms with E-state index in [1.807, 2.05) is 18.2 Å². The molecule has 1 aromatic heterocycles. The lowest BCUT2D eigenvalue weighted by atomic mass is 9.88. The monoisotopic (exact) mass is 365 g/mol. The van der Waals surface area contributed by atoms with Crippen LogP contribution in [-0.2, 0) is 17.8 Å². The van der Waals surface area contributed by atoms with Crippen molar-refractivity contribution in [3.05, 3.63) is 74.8 Å². The van der Waals surface area contributed by atoms with Gasteiger partial charge < -0.3 is 10.3 Å². The predicted octanol–water partition coefficient (Wildman–Crippen LogP) is 3.25. The van der Waals surface area contributed by atoms with Crippen molar-refractivity contribution in [1.82, 2.24) is 14.9 Å². The number of aromatic nitrogens is 2. The van der Waals surface area contributed by atoms with Crippen molar-refractivity contribution >= 4 is 29.0 Å². The molecule has 1 aliphatic carbocycles. The first kappa shape index (κ1) is 16.7. The summed E-state index contributed by atoms with van der Waals surface area (Å²) in [5, 5.41) is 3.59. The van der Waals surface area contributed by atoms with Crippen molar-refractivity contribution in [3.63, 3.8) is 0 Å². The molecule has 1 amide bonds. The highest BCUT2D eigenvalue weighted by Crippen LogP contribution is 2.29. The second-order valence-corrected chi connectivity index (χ2v) is 6.96. The molecule has 1 unspecified atom stereocenters. The number of amides is 1. The minimum absolute atomic E-state index is 0.0128. The molecule has 6 heteroatoms. The number of nitrogens with one attached hydrogen (secondary N) is 2. The molecule has 0 saturated heterocycles. The summed E-state index contributed by atoms with van der Waals surface area (Å²) in [6.45, 7) is -0.0856. The van der Waals surface area contributed by atoms with E-state index in [1.54, 1.807) is 18.2 Å². The number of carbonyl (C=O) groups is 1. The number of fused-ring (bicyclic) bond motifs is 2. The highest BCUT2D eigenvalue weighted by molar-refractivity contribution is 7.71. The molecular weight excluding hydrogens is 346 g/mol. The largest absolute Gasteiger partial charge is 0.348 e. The number of nitrogens with zero attached hydrogens (tertiary/aromatic N) is 1. The fourth-order valence-corrected chi connectivity index (χ4v) is 3.89. The zero-order valence-corrected chi connectivity index (χ0v) is 15.0. The van der Waals surface area contributed by atoms with Crippen molar-refractivity contribution in [1.29, 1.82) is 0 Å². The summed E-state index contributed by atoms with van der Waals surface area (Å²) in [6.07, 6.45) is 2.98. The molecule has 2 N–H and O–H groups in total. The molecule has 5 nitrogen and oxygen atoms in total. The number of hydrogen-bond acceptors (Lipinski definition) is 3. The Kier molecular flexibility index (Phi) is 4.42. The van der Waals surface area contributed by atoms with Gasteiger partial charge in [0.25, 0.3) is 5.56 Å². The summed E-state index contributed by atoms with van der Waals surface area (Å²) < 4.78 is 1.58. The van der Waals surface area contributed by atoms with Gasteiger partial charge in [-0.05, 0) is 54.7 Å². The molecule has 132 valence electrons. The molecule has 2 aromatic carbocycles. The Morgan fingerprint density at radius 3 is 2.85 bits per heavy atom. The van der Waals surface area contributed by atoms with E-state index in [4.69, 9.17) is 12.2 Å². The van der Waals surface area contributed by atoms with Crippen LogP contribution in [0.15, 0.2) is 53.3 Å². The number of H-pyrrole nitrogens is 1. The van der Waals surface area contributed by atoms with E-state index in [9.17, 15) is 9.59 Å². The lowest BCUT2D eigenvalue weighted by molar-refractivity contribution is -0.122. The van der Waals surface area contributed by atoms with E-state index in [0.29, 0.717) is 10.9 Å². The molecule has 1 aliphatic rings. The van der Waals surface area contributed by atoms with Crippen LogP contribution in [0.25, 0.3) is 10.9 Å². The van der Waals surface area contributed by atoms with Crippen LogP contribution >= 0.6 is 12.2 Å². The number of rotatable bonds is 3. The summed E-state index contributed by atoms with van der Waals surface area (Å²) in [5.41, 5.74) is 2.89. The fourth-order valence-electron chi connectivity index (χ4n) is 3.63. The summed E-state index contributed by atoms with van der Waals surface area (Å²) in [4.78, 5) is 28.3. The number of para-hydroxylation sites is 1. The third kappa shape index (κ3) is 3.08. The van der Waals surface area contributed by atoms with Gasteiger partial charge in [-0.25, -0.2) is 0 Å². The molecule has 26 heavy (non-hydrogen) atoms. The highest BCUT2D eigenvalue weighted by Gasteiger charge is 2.21. The van der Waals surface area contributed by atoms with Gasteiger partial charge in [0.2, 0.25) is 5.91 Å². The summed E-state index contributed by atoms with van der Waals surface area (Å²) in [5.74, 6) is -0.205. The Morgan fingerprint density at radius 2 is 1.96 bits per heavy atom. The maximum atomic E-state index is 12.7. The van der Waals surface area contributed by atoms with Gasteiger partial charge in [-0.2, -0.15) is 0 Å². The maximum absolute atomic E-state index is 12.7. The van der Waals surface area contributed by atoms with Crippen molar-refractivity contribution in [2.45, 2.75) is 31.8 Å². The van der Waals surface area contributed by atoms with Crippen molar-refractivity contribution in [3.8, 4) is 0 Å². The fraction of sp³-hybridized carbons (Fsp3) is 0.250. The Bertz CT molecular complexity index is 1100.